The number of hydrogen-bond acceptors (Lipinski definition) is 3. The van der Waals surface area contributed by atoms with Gasteiger partial charge in [0.25, 0.3) is 0 Å². The van der Waals surface area contributed by atoms with Crippen LogP contribution in [-0.4, -0.2) is 23.3 Å². The molecule has 0 aromatic heterocycles. The highest BCUT2D eigenvalue weighted by Gasteiger charge is 2.20. The van der Waals surface area contributed by atoms with Crippen LogP contribution in [0.5, 0.6) is 0 Å². The Labute approximate surface area is 77.7 Å². The van der Waals surface area contributed by atoms with Crippen LogP contribution >= 0.6 is 0 Å². The monoisotopic (exact) mass is 182 g/mol. The topological polar surface area (TPSA) is 46.5 Å². The summed E-state index contributed by atoms with van der Waals surface area (Å²) in [4.78, 5) is 11.3. The van der Waals surface area contributed by atoms with E-state index < -0.39 is 12.2 Å². The zero-order valence-electron chi connectivity index (χ0n) is 7.81. The van der Waals surface area contributed by atoms with E-state index in [0.29, 0.717) is 0 Å². The van der Waals surface area contributed by atoms with Crippen molar-refractivity contribution in [2.24, 2.45) is 5.92 Å². The number of esters is 1. The largest absolute Gasteiger partial charge is 0.459 e. The number of aliphatic hydroxyl groups excluding tert-OH is 1. The van der Waals surface area contributed by atoms with E-state index in [1.54, 1.807) is 38.2 Å². The molecule has 0 aliphatic heterocycles. The average Bonchev–Trinajstić information content (AvgIpc) is 2.55. The highest BCUT2D eigenvalue weighted by atomic mass is 16.6. The molecule has 3 nitrogen and oxygen atoms in total. The maximum atomic E-state index is 11.3. The fraction of sp³-hybridized carbons (Fsp3) is 0.500. The summed E-state index contributed by atoms with van der Waals surface area (Å²) in [6.45, 7) is 3.27. The lowest BCUT2D eigenvalue weighted by Gasteiger charge is -2.16. The highest BCUT2D eigenvalue weighted by molar-refractivity contribution is 5.77. The Hall–Kier alpha value is -1.09. The molecule has 0 fully saturated rings. The highest BCUT2D eigenvalue weighted by Crippen LogP contribution is 2.12. The summed E-state index contributed by atoms with van der Waals surface area (Å²) in [5.74, 6) is -0.584. The summed E-state index contributed by atoms with van der Waals surface area (Å²) in [7, 11) is 0. The third-order valence-corrected chi connectivity index (χ3v) is 2.00. The van der Waals surface area contributed by atoms with Crippen molar-refractivity contribution >= 4 is 5.97 Å². The molecule has 0 radical (unpaired) electrons. The Kier molecular flexibility index (Phi) is 3.25. The molecule has 1 N–H and O–H groups in total. The molecule has 3 heteroatoms. The first-order valence-corrected chi connectivity index (χ1v) is 4.35. The van der Waals surface area contributed by atoms with Crippen LogP contribution in [0.2, 0.25) is 0 Å². The van der Waals surface area contributed by atoms with E-state index in [4.69, 9.17) is 9.84 Å². The zero-order valence-corrected chi connectivity index (χ0v) is 7.81. The average molecular weight is 182 g/mol. The molecule has 0 bridgehead atoms. The Balaban J connectivity index is 2.41. The van der Waals surface area contributed by atoms with Gasteiger partial charge in [0.1, 0.15) is 6.10 Å². The summed E-state index contributed by atoms with van der Waals surface area (Å²) >= 11 is 0. The Morgan fingerprint density at radius 3 is 2.38 bits per heavy atom. The third kappa shape index (κ3) is 2.70. The first kappa shape index (κ1) is 9.99. The van der Waals surface area contributed by atoms with Gasteiger partial charge in [0.2, 0.25) is 0 Å². The lowest BCUT2D eigenvalue weighted by atomic mass is 10.2. The molecular formula is C10H14O3. The van der Waals surface area contributed by atoms with E-state index in [-0.39, 0.29) is 11.9 Å². The van der Waals surface area contributed by atoms with Crippen LogP contribution in [0.15, 0.2) is 24.3 Å². The molecule has 0 spiro atoms. The Morgan fingerprint density at radius 2 is 1.92 bits per heavy atom. The van der Waals surface area contributed by atoms with Crippen molar-refractivity contribution in [1.82, 2.24) is 0 Å². The van der Waals surface area contributed by atoms with Gasteiger partial charge in [-0.1, -0.05) is 24.3 Å². The predicted molar refractivity (Wildman–Crippen MR) is 49.0 cm³/mol. The van der Waals surface area contributed by atoms with Gasteiger partial charge in [0.15, 0.2) is 0 Å². The number of carbonyl (C=O) groups is 1. The summed E-state index contributed by atoms with van der Waals surface area (Å²) in [5, 5.41) is 9.10. The van der Waals surface area contributed by atoms with Crippen molar-refractivity contribution in [3.05, 3.63) is 24.3 Å². The normalized spacial score (nSPS) is 20.2. The fourth-order valence-electron chi connectivity index (χ4n) is 0.949. The SMILES string of the molecule is C[C@@H](O)[C@@H](C)OC(=O)C1C=CC=C1. The van der Waals surface area contributed by atoms with Gasteiger partial charge in [0, 0.05) is 0 Å². The summed E-state index contributed by atoms with van der Waals surface area (Å²) in [5.41, 5.74) is 0. The molecule has 0 saturated carbocycles. The minimum absolute atomic E-state index is 0.277. The predicted octanol–water partition coefficient (Wildman–Crippen LogP) is 1.04. The molecule has 0 aromatic carbocycles. The molecule has 0 unspecified atom stereocenters. The molecule has 72 valence electrons. The molecule has 1 rings (SSSR count). The van der Waals surface area contributed by atoms with E-state index in [0.717, 1.165) is 0 Å². The number of allylic oxidation sites excluding steroid dienone is 2. The second-order valence-electron chi connectivity index (χ2n) is 3.18. The van der Waals surface area contributed by atoms with Crippen molar-refractivity contribution in [2.75, 3.05) is 0 Å². The van der Waals surface area contributed by atoms with E-state index in [1.807, 2.05) is 0 Å². The Morgan fingerprint density at radius 1 is 1.38 bits per heavy atom. The third-order valence-electron chi connectivity index (χ3n) is 2.00. The van der Waals surface area contributed by atoms with E-state index in [1.165, 1.54) is 0 Å². The van der Waals surface area contributed by atoms with Crippen LogP contribution in [0.1, 0.15) is 13.8 Å². The summed E-state index contributed by atoms with van der Waals surface area (Å²) in [6, 6.07) is 0. The van der Waals surface area contributed by atoms with Gasteiger partial charge < -0.3 is 9.84 Å². The van der Waals surface area contributed by atoms with Crippen molar-refractivity contribution in [3.63, 3.8) is 0 Å². The number of ether oxygens (including phenoxy) is 1. The first-order valence-electron chi connectivity index (χ1n) is 4.35. The lowest BCUT2D eigenvalue weighted by molar-refractivity contribution is -0.154. The van der Waals surface area contributed by atoms with E-state index in [2.05, 4.69) is 0 Å². The fourth-order valence-corrected chi connectivity index (χ4v) is 0.949. The van der Waals surface area contributed by atoms with Gasteiger partial charge >= 0.3 is 5.97 Å². The van der Waals surface area contributed by atoms with Gasteiger partial charge in [-0.05, 0) is 13.8 Å². The lowest BCUT2D eigenvalue weighted by Crippen LogP contribution is -2.28. The maximum Gasteiger partial charge on any atom is 0.317 e. The van der Waals surface area contributed by atoms with Crippen LogP contribution in [-0.2, 0) is 9.53 Å². The molecule has 0 saturated heterocycles. The second kappa shape index (κ2) is 4.23. The van der Waals surface area contributed by atoms with Crippen molar-refractivity contribution in [2.45, 2.75) is 26.1 Å². The summed E-state index contributed by atoms with van der Waals surface area (Å²) in [6.07, 6.45) is 6.06. The number of aliphatic hydroxyl groups is 1. The van der Waals surface area contributed by atoms with Crippen molar-refractivity contribution in [1.29, 1.82) is 0 Å². The van der Waals surface area contributed by atoms with Gasteiger partial charge in [-0.15, -0.1) is 0 Å². The van der Waals surface area contributed by atoms with Gasteiger partial charge in [0.05, 0.1) is 12.0 Å². The minimum Gasteiger partial charge on any atom is -0.459 e. The van der Waals surface area contributed by atoms with Gasteiger partial charge in [-0.3, -0.25) is 4.79 Å². The molecule has 0 heterocycles. The standard InChI is InChI=1S/C10H14O3/c1-7(11)8(2)13-10(12)9-5-3-4-6-9/h3-9,11H,1-2H3/t7-,8-/m1/s1. The van der Waals surface area contributed by atoms with Crippen molar-refractivity contribution in [3.8, 4) is 0 Å². The van der Waals surface area contributed by atoms with Crippen LogP contribution in [0.4, 0.5) is 0 Å². The number of rotatable bonds is 3. The smallest absolute Gasteiger partial charge is 0.317 e. The number of carbonyl (C=O) groups excluding carboxylic acids is 1. The quantitative estimate of drug-likeness (QED) is 0.663. The maximum absolute atomic E-state index is 11.3. The van der Waals surface area contributed by atoms with E-state index >= 15 is 0 Å². The molecule has 0 amide bonds. The van der Waals surface area contributed by atoms with E-state index in [9.17, 15) is 4.79 Å². The molecule has 1 aliphatic rings. The summed E-state index contributed by atoms with van der Waals surface area (Å²) < 4.78 is 5.00. The minimum atomic E-state index is -0.627. The van der Waals surface area contributed by atoms with Gasteiger partial charge in [-0.2, -0.15) is 0 Å². The van der Waals surface area contributed by atoms with Crippen LogP contribution in [0.25, 0.3) is 0 Å². The second-order valence-corrected chi connectivity index (χ2v) is 3.18. The number of hydrogen-bond donors (Lipinski definition) is 1. The van der Waals surface area contributed by atoms with Gasteiger partial charge in [-0.25, -0.2) is 0 Å². The van der Waals surface area contributed by atoms with Crippen LogP contribution in [0.3, 0.4) is 0 Å². The molecular weight excluding hydrogens is 168 g/mol. The van der Waals surface area contributed by atoms with Crippen molar-refractivity contribution < 1.29 is 14.6 Å². The zero-order chi connectivity index (χ0) is 9.84. The first-order chi connectivity index (χ1) is 6.11. The van der Waals surface area contributed by atoms with Crippen LogP contribution in [0, 0.1) is 5.92 Å². The molecule has 2 atom stereocenters. The van der Waals surface area contributed by atoms with Crippen LogP contribution < -0.4 is 0 Å². The Bertz CT molecular complexity index is 229. The molecule has 0 aromatic rings. The molecule has 1 aliphatic carbocycles. The molecule has 13 heavy (non-hydrogen) atoms.